The molecule has 0 aliphatic carbocycles. The summed E-state index contributed by atoms with van der Waals surface area (Å²) in [4.78, 5) is 0. The molecule has 0 aromatic heterocycles. The van der Waals surface area contributed by atoms with Gasteiger partial charge < -0.3 is 5.11 Å². The van der Waals surface area contributed by atoms with Crippen LogP contribution in [0.5, 0.6) is 0 Å². The van der Waals surface area contributed by atoms with Gasteiger partial charge in [-0.05, 0) is 25.7 Å². The summed E-state index contributed by atoms with van der Waals surface area (Å²) in [6.45, 7) is 5.75. The Morgan fingerprint density at radius 2 is 1.64 bits per heavy atom. The number of hydrogen-bond acceptors (Lipinski definition) is 1. The van der Waals surface area contributed by atoms with Gasteiger partial charge in [0.25, 0.3) is 0 Å². The number of aliphatic hydroxyl groups excluding tert-OH is 1. The van der Waals surface area contributed by atoms with Crippen LogP contribution in [0.4, 0.5) is 0 Å². The highest BCUT2D eigenvalue weighted by Gasteiger charge is 1.99. The van der Waals surface area contributed by atoms with E-state index >= 15 is 0 Å². The molecule has 0 aliphatic heterocycles. The molecule has 0 amide bonds. The quantitative estimate of drug-likeness (QED) is 0.414. The van der Waals surface area contributed by atoms with E-state index in [1.807, 2.05) is 13.0 Å². The predicted octanol–water partition coefficient (Wildman–Crippen LogP) is 4.06. The maximum atomic E-state index is 9.32. The maximum absolute atomic E-state index is 9.32. The minimum absolute atomic E-state index is 0.0595. The molecule has 0 bridgehead atoms. The van der Waals surface area contributed by atoms with E-state index in [9.17, 15) is 5.11 Å². The van der Waals surface area contributed by atoms with Crippen molar-refractivity contribution in [1.82, 2.24) is 0 Å². The summed E-state index contributed by atoms with van der Waals surface area (Å²) in [6.07, 6.45) is 12.8. The van der Waals surface area contributed by atoms with Gasteiger partial charge in [-0.25, -0.2) is 0 Å². The van der Waals surface area contributed by atoms with E-state index in [1.54, 1.807) is 0 Å². The molecule has 1 heteroatoms. The maximum Gasteiger partial charge on any atom is 0.0537 e. The third-order valence-corrected chi connectivity index (χ3v) is 2.67. The predicted molar refractivity (Wildman–Crippen MR) is 63.4 cm³/mol. The van der Waals surface area contributed by atoms with E-state index < -0.39 is 0 Å². The van der Waals surface area contributed by atoms with Crippen LogP contribution in [-0.2, 0) is 0 Å². The van der Waals surface area contributed by atoms with Crippen molar-refractivity contribution in [3.05, 3.63) is 12.7 Å². The second kappa shape index (κ2) is 10.8. The van der Waals surface area contributed by atoms with Gasteiger partial charge in [0.15, 0.2) is 0 Å². The zero-order valence-electron chi connectivity index (χ0n) is 9.67. The van der Waals surface area contributed by atoms with Crippen LogP contribution in [0.3, 0.4) is 0 Å². The van der Waals surface area contributed by atoms with Gasteiger partial charge in [-0.2, -0.15) is 0 Å². The Labute approximate surface area is 89.2 Å². The summed E-state index contributed by atoms with van der Waals surface area (Å²) in [5.41, 5.74) is 0. The molecule has 0 aromatic rings. The largest absolute Gasteiger partial charge is 0.393 e. The standard InChI is InChI=1S/C13H26O/c1-3-5-6-7-8-9-10-11-12-13(14)4-2/h3,13-14H,1,4-12H2,2H3. The van der Waals surface area contributed by atoms with Crippen LogP contribution in [0.25, 0.3) is 0 Å². The second-order valence-corrected chi connectivity index (χ2v) is 4.05. The molecule has 1 atom stereocenters. The molecule has 0 aromatic carbocycles. The molecular weight excluding hydrogens is 172 g/mol. The van der Waals surface area contributed by atoms with Crippen molar-refractivity contribution in [2.24, 2.45) is 0 Å². The lowest BCUT2D eigenvalue weighted by atomic mass is 10.1. The highest BCUT2D eigenvalue weighted by atomic mass is 16.3. The van der Waals surface area contributed by atoms with Crippen molar-refractivity contribution < 1.29 is 5.11 Å². The van der Waals surface area contributed by atoms with Crippen molar-refractivity contribution in [1.29, 1.82) is 0 Å². The smallest absolute Gasteiger partial charge is 0.0537 e. The van der Waals surface area contributed by atoms with Crippen molar-refractivity contribution >= 4 is 0 Å². The fourth-order valence-corrected chi connectivity index (χ4v) is 1.58. The highest BCUT2D eigenvalue weighted by Crippen LogP contribution is 2.10. The molecule has 0 saturated carbocycles. The molecule has 1 unspecified atom stereocenters. The van der Waals surface area contributed by atoms with E-state index in [0.717, 1.165) is 19.3 Å². The van der Waals surface area contributed by atoms with Crippen molar-refractivity contribution in [3.8, 4) is 0 Å². The fourth-order valence-electron chi connectivity index (χ4n) is 1.58. The van der Waals surface area contributed by atoms with Crippen LogP contribution in [0.2, 0.25) is 0 Å². The van der Waals surface area contributed by atoms with Crippen LogP contribution in [0, 0.1) is 0 Å². The summed E-state index contributed by atoms with van der Waals surface area (Å²) in [7, 11) is 0. The topological polar surface area (TPSA) is 20.2 Å². The summed E-state index contributed by atoms with van der Waals surface area (Å²) in [6, 6.07) is 0. The summed E-state index contributed by atoms with van der Waals surface area (Å²) >= 11 is 0. The Kier molecular flexibility index (Phi) is 10.5. The van der Waals surface area contributed by atoms with Crippen molar-refractivity contribution in [2.45, 2.75) is 70.8 Å². The van der Waals surface area contributed by atoms with Crippen LogP contribution in [0.1, 0.15) is 64.7 Å². The molecule has 0 saturated heterocycles. The van der Waals surface area contributed by atoms with E-state index in [-0.39, 0.29) is 6.10 Å². The van der Waals surface area contributed by atoms with Gasteiger partial charge in [-0.3, -0.25) is 0 Å². The Morgan fingerprint density at radius 3 is 2.21 bits per heavy atom. The Morgan fingerprint density at radius 1 is 1.07 bits per heavy atom. The van der Waals surface area contributed by atoms with Gasteiger partial charge in [0.05, 0.1) is 6.10 Å². The number of rotatable bonds is 10. The molecule has 0 fully saturated rings. The SMILES string of the molecule is C=CCCCCCCCCC(O)CC. The highest BCUT2D eigenvalue weighted by molar-refractivity contribution is 4.65. The Hall–Kier alpha value is -0.300. The van der Waals surface area contributed by atoms with E-state index in [4.69, 9.17) is 0 Å². The summed E-state index contributed by atoms with van der Waals surface area (Å²) in [5, 5.41) is 9.32. The number of unbranched alkanes of at least 4 members (excludes halogenated alkanes) is 6. The average molecular weight is 198 g/mol. The molecule has 14 heavy (non-hydrogen) atoms. The summed E-state index contributed by atoms with van der Waals surface area (Å²) < 4.78 is 0. The van der Waals surface area contributed by atoms with Gasteiger partial charge in [0, 0.05) is 0 Å². The number of hydrogen-bond donors (Lipinski definition) is 1. The Balaban J connectivity index is 2.95. The zero-order valence-corrected chi connectivity index (χ0v) is 9.67. The van der Waals surface area contributed by atoms with Crippen molar-refractivity contribution in [2.75, 3.05) is 0 Å². The minimum Gasteiger partial charge on any atom is -0.393 e. The van der Waals surface area contributed by atoms with Crippen LogP contribution >= 0.6 is 0 Å². The van der Waals surface area contributed by atoms with Gasteiger partial charge in [0.1, 0.15) is 0 Å². The first kappa shape index (κ1) is 13.7. The molecule has 0 rings (SSSR count). The molecule has 0 radical (unpaired) electrons. The summed E-state index contributed by atoms with van der Waals surface area (Å²) in [5.74, 6) is 0. The third kappa shape index (κ3) is 9.79. The number of allylic oxidation sites excluding steroid dienone is 1. The molecular formula is C13H26O. The molecule has 0 spiro atoms. The lowest BCUT2D eigenvalue weighted by Crippen LogP contribution is -2.03. The van der Waals surface area contributed by atoms with Crippen molar-refractivity contribution in [3.63, 3.8) is 0 Å². The van der Waals surface area contributed by atoms with E-state index in [0.29, 0.717) is 0 Å². The zero-order chi connectivity index (χ0) is 10.6. The number of aliphatic hydroxyl groups is 1. The first-order valence-electron chi connectivity index (χ1n) is 6.10. The molecule has 84 valence electrons. The van der Waals surface area contributed by atoms with Crippen LogP contribution in [-0.4, -0.2) is 11.2 Å². The van der Waals surface area contributed by atoms with E-state index in [2.05, 4.69) is 6.58 Å². The van der Waals surface area contributed by atoms with Gasteiger partial charge >= 0.3 is 0 Å². The monoisotopic (exact) mass is 198 g/mol. The first-order valence-corrected chi connectivity index (χ1v) is 6.10. The second-order valence-electron chi connectivity index (χ2n) is 4.05. The fraction of sp³-hybridized carbons (Fsp3) is 0.846. The lowest BCUT2D eigenvalue weighted by molar-refractivity contribution is 0.156. The van der Waals surface area contributed by atoms with Gasteiger partial charge in [-0.1, -0.05) is 45.1 Å². The molecule has 1 nitrogen and oxygen atoms in total. The first-order chi connectivity index (χ1) is 6.81. The Bertz CT molecular complexity index is 120. The molecule has 0 heterocycles. The molecule has 0 aliphatic rings. The average Bonchev–Trinajstić information content (AvgIpc) is 2.21. The lowest BCUT2D eigenvalue weighted by Gasteiger charge is -2.06. The molecule has 1 N–H and O–H groups in total. The van der Waals surface area contributed by atoms with E-state index in [1.165, 1.54) is 38.5 Å². The van der Waals surface area contributed by atoms with Gasteiger partial charge in [0.2, 0.25) is 0 Å². The normalized spacial score (nSPS) is 12.7. The minimum atomic E-state index is -0.0595. The van der Waals surface area contributed by atoms with Crippen LogP contribution in [0.15, 0.2) is 12.7 Å². The van der Waals surface area contributed by atoms with Crippen LogP contribution < -0.4 is 0 Å². The third-order valence-electron chi connectivity index (χ3n) is 2.67. The van der Waals surface area contributed by atoms with Gasteiger partial charge in [-0.15, -0.1) is 6.58 Å².